The summed E-state index contributed by atoms with van der Waals surface area (Å²) in [4.78, 5) is 0. The van der Waals surface area contributed by atoms with Gasteiger partial charge in [-0.15, -0.1) is 0 Å². The monoisotopic (exact) mass is 239 g/mol. The fraction of sp³-hybridized carbons (Fsp3) is 0.294. The standard InChI is InChI=1S/C17H21N/c1-17(2,3)15-9-6-8-13(11-15)16-10-5-4-7-14(16)12-18/h4-11H,12,18H2,1-3H3. The Morgan fingerprint density at radius 2 is 1.67 bits per heavy atom. The second-order valence-electron chi connectivity index (χ2n) is 5.69. The molecule has 2 aromatic carbocycles. The SMILES string of the molecule is CC(C)(C)c1cccc(-c2ccccc2CN)c1. The summed E-state index contributed by atoms with van der Waals surface area (Å²) in [5.74, 6) is 0. The molecule has 0 saturated heterocycles. The van der Waals surface area contributed by atoms with Crippen LogP contribution in [0.4, 0.5) is 0 Å². The van der Waals surface area contributed by atoms with Crippen LogP contribution >= 0.6 is 0 Å². The van der Waals surface area contributed by atoms with Gasteiger partial charge in [0.25, 0.3) is 0 Å². The van der Waals surface area contributed by atoms with Crippen molar-refractivity contribution >= 4 is 0 Å². The molecule has 0 heterocycles. The predicted molar refractivity (Wildman–Crippen MR) is 78.5 cm³/mol. The van der Waals surface area contributed by atoms with Crippen LogP contribution < -0.4 is 5.73 Å². The number of benzene rings is 2. The molecule has 0 aliphatic rings. The second-order valence-corrected chi connectivity index (χ2v) is 5.69. The minimum Gasteiger partial charge on any atom is -0.326 e. The fourth-order valence-corrected chi connectivity index (χ4v) is 2.13. The number of nitrogens with two attached hydrogens (primary N) is 1. The maximum absolute atomic E-state index is 5.81. The normalized spacial score (nSPS) is 11.6. The zero-order valence-corrected chi connectivity index (χ0v) is 11.4. The fourth-order valence-electron chi connectivity index (χ4n) is 2.13. The molecule has 2 rings (SSSR count). The van der Waals surface area contributed by atoms with Crippen molar-refractivity contribution in [3.8, 4) is 11.1 Å². The lowest BCUT2D eigenvalue weighted by Gasteiger charge is -2.20. The molecule has 2 aromatic rings. The van der Waals surface area contributed by atoms with Gasteiger partial charge in [0, 0.05) is 6.54 Å². The van der Waals surface area contributed by atoms with Crippen molar-refractivity contribution in [3.05, 3.63) is 59.7 Å². The van der Waals surface area contributed by atoms with Gasteiger partial charge in [-0.1, -0.05) is 69.3 Å². The van der Waals surface area contributed by atoms with Gasteiger partial charge in [0.2, 0.25) is 0 Å². The third-order valence-corrected chi connectivity index (χ3v) is 3.28. The molecule has 0 radical (unpaired) electrons. The predicted octanol–water partition coefficient (Wildman–Crippen LogP) is 4.11. The Hall–Kier alpha value is -1.60. The maximum Gasteiger partial charge on any atom is 0.0184 e. The molecule has 2 N–H and O–H groups in total. The van der Waals surface area contributed by atoms with Crippen molar-refractivity contribution < 1.29 is 0 Å². The highest BCUT2D eigenvalue weighted by Crippen LogP contribution is 2.29. The van der Waals surface area contributed by atoms with Gasteiger partial charge in [0.05, 0.1) is 0 Å². The zero-order valence-electron chi connectivity index (χ0n) is 11.4. The van der Waals surface area contributed by atoms with Crippen molar-refractivity contribution in [1.29, 1.82) is 0 Å². The summed E-state index contributed by atoms with van der Waals surface area (Å²) < 4.78 is 0. The van der Waals surface area contributed by atoms with Crippen molar-refractivity contribution in [3.63, 3.8) is 0 Å². The van der Waals surface area contributed by atoms with Crippen LogP contribution in [0.2, 0.25) is 0 Å². The first-order chi connectivity index (χ1) is 8.52. The highest BCUT2D eigenvalue weighted by molar-refractivity contribution is 5.68. The summed E-state index contributed by atoms with van der Waals surface area (Å²) in [6, 6.07) is 17.1. The molecule has 1 nitrogen and oxygen atoms in total. The molecule has 0 unspecified atom stereocenters. The molecule has 94 valence electrons. The molecule has 0 amide bonds. The van der Waals surface area contributed by atoms with E-state index in [9.17, 15) is 0 Å². The van der Waals surface area contributed by atoms with Gasteiger partial charge in [0.1, 0.15) is 0 Å². The van der Waals surface area contributed by atoms with Gasteiger partial charge in [-0.25, -0.2) is 0 Å². The third kappa shape index (κ3) is 2.62. The zero-order chi connectivity index (χ0) is 13.2. The molecule has 0 fully saturated rings. The molecule has 1 heteroatoms. The van der Waals surface area contributed by atoms with Gasteiger partial charge in [-0.2, -0.15) is 0 Å². The highest BCUT2D eigenvalue weighted by atomic mass is 14.5. The molecule has 0 aromatic heterocycles. The molecule has 0 saturated carbocycles. The van der Waals surface area contributed by atoms with E-state index in [0.29, 0.717) is 6.54 Å². The summed E-state index contributed by atoms with van der Waals surface area (Å²) in [6.45, 7) is 7.29. The van der Waals surface area contributed by atoms with Crippen LogP contribution in [0.5, 0.6) is 0 Å². The second kappa shape index (κ2) is 4.95. The molecular formula is C17H21N. The number of hydrogen-bond acceptors (Lipinski definition) is 1. The molecule has 0 aliphatic carbocycles. The van der Waals surface area contributed by atoms with Gasteiger partial charge in [0.15, 0.2) is 0 Å². The number of rotatable bonds is 2. The quantitative estimate of drug-likeness (QED) is 0.838. The Bertz CT molecular complexity index is 535. The van der Waals surface area contributed by atoms with E-state index in [-0.39, 0.29) is 5.41 Å². The lowest BCUT2D eigenvalue weighted by molar-refractivity contribution is 0.590. The van der Waals surface area contributed by atoms with E-state index in [2.05, 4.69) is 63.2 Å². The van der Waals surface area contributed by atoms with Gasteiger partial charge in [-0.05, 0) is 27.7 Å². The van der Waals surface area contributed by atoms with Crippen LogP contribution in [0, 0.1) is 0 Å². The first-order valence-corrected chi connectivity index (χ1v) is 6.41. The summed E-state index contributed by atoms with van der Waals surface area (Å²) in [6.07, 6.45) is 0. The van der Waals surface area contributed by atoms with Crippen LogP contribution in [0.3, 0.4) is 0 Å². The molecule has 0 bridgehead atoms. The summed E-state index contributed by atoms with van der Waals surface area (Å²) in [5, 5.41) is 0. The Balaban J connectivity index is 2.51. The third-order valence-electron chi connectivity index (χ3n) is 3.28. The van der Waals surface area contributed by atoms with E-state index >= 15 is 0 Å². The Labute approximate surface area is 110 Å². The van der Waals surface area contributed by atoms with E-state index in [4.69, 9.17) is 5.73 Å². The smallest absolute Gasteiger partial charge is 0.0184 e. The molecular weight excluding hydrogens is 218 g/mol. The van der Waals surface area contributed by atoms with Gasteiger partial charge >= 0.3 is 0 Å². The van der Waals surface area contributed by atoms with Crippen LogP contribution in [-0.4, -0.2) is 0 Å². The molecule has 0 atom stereocenters. The molecule has 0 aliphatic heterocycles. The van der Waals surface area contributed by atoms with Crippen LogP contribution in [-0.2, 0) is 12.0 Å². The lowest BCUT2D eigenvalue weighted by Crippen LogP contribution is -2.10. The van der Waals surface area contributed by atoms with Crippen molar-refractivity contribution in [1.82, 2.24) is 0 Å². The molecule has 18 heavy (non-hydrogen) atoms. The average molecular weight is 239 g/mol. The van der Waals surface area contributed by atoms with E-state index in [1.54, 1.807) is 0 Å². The lowest BCUT2D eigenvalue weighted by atomic mass is 9.85. The highest BCUT2D eigenvalue weighted by Gasteiger charge is 2.14. The number of hydrogen-bond donors (Lipinski definition) is 1. The maximum atomic E-state index is 5.81. The van der Waals surface area contributed by atoms with E-state index in [1.165, 1.54) is 22.3 Å². The van der Waals surface area contributed by atoms with Crippen LogP contribution in [0.15, 0.2) is 48.5 Å². The minimum absolute atomic E-state index is 0.174. The molecule has 0 spiro atoms. The topological polar surface area (TPSA) is 26.0 Å². The van der Waals surface area contributed by atoms with E-state index in [1.807, 2.05) is 6.07 Å². The largest absolute Gasteiger partial charge is 0.326 e. The minimum atomic E-state index is 0.174. The van der Waals surface area contributed by atoms with Gasteiger partial charge in [-0.3, -0.25) is 0 Å². The first kappa shape index (κ1) is 12.8. The summed E-state index contributed by atoms with van der Waals surface area (Å²) in [7, 11) is 0. The van der Waals surface area contributed by atoms with E-state index in [0.717, 1.165) is 0 Å². The van der Waals surface area contributed by atoms with Crippen LogP contribution in [0.25, 0.3) is 11.1 Å². The first-order valence-electron chi connectivity index (χ1n) is 6.41. The van der Waals surface area contributed by atoms with E-state index < -0.39 is 0 Å². The average Bonchev–Trinajstić information content (AvgIpc) is 2.38. The van der Waals surface area contributed by atoms with Gasteiger partial charge < -0.3 is 5.73 Å². The Kier molecular flexibility index (Phi) is 3.53. The van der Waals surface area contributed by atoms with Crippen molar-refractivity contribution in [2.24, 2.45) is 5.73 Å². The summed E-state index contributed by atoms with van der Waals surface area (Å²) in [5.41, 5.74) is 11.0. The Morgan fingerprint density at radius 3 is 2.33 bits per heavy atom. The van der Waals surface area contributed by atoms with Crippen LogP contribution in [0.1, 0.15) is 31.9 Å². The Morgan fingerprint density at radius 1 is 0.944 bits per heavy atom. The summed E-state index contributed by atoms with van der Waals surface area (Å²) >= 11 is 0. The van der Waals surface area contributed by atoms with Crippen molar-refractivity contribution in [2.75, 3.05) is 0 Å². The van der Waals surface area contributed by atoms with Crippen molar-refractivity contribution in [2.45, 2.75) is 32.7 Å².